The summed E-state index contributed by atoms with van der Waals surface area (Å²) in [6.07, 6.45) is 0. The Morgan fingerprint density at radius 1 is 1.19 bits per heavy atom. The molecular formula is C15H21N3O2S. The van der Waals surface area contributed by atoms with Crippen LogP contribution in [0, 0.1) is 0 Å². The highest BCUT2D eigenvalue weighted by molar-refractivity contribution is 7.13. The summed E-state index contributed by atoms with van der Waals surface area (Å²) in [6.45, 7) is 6.50. The van der Waals surface area contributed by atoms with E-state index in [4.69, 9.17) is 9.47 Å². The lowest BCUT2D eigenvalue weighted by molar-refractivity contribution is 0.199. The third-order valence-corrected chi connectivity index (χ3v) is 3.76. The van der Waals surface area contributed by atoms with Crippen LogP contribution >= 0.6 is 11.3 Å². The van der Waals surface area contributed by atoms with Gasteiger partial charge in [-0.25, -0.2) is 0 Å². The topological polar surface area (TPSA) is 56.3 Å². The molecule has 0 unspecified atom stereocenters. The molecule has 0 aliphatic heterocycles. The van der Waals surface area contributed by atoms with Crippen LogP contribution in [0.25, 0.3) is 0 Å². The minimum Gasteiger partial charge on any atom is -0.430 e. The van der Waals surface area contributed by atoms with Gasteiger partial charge in [-0.15, -0.1) is 5.10 Å². The zero-order valence-electron chi connectivity index (χ0n) is 12.6. The highest BCUT2D eigenvalue weighted by Gasteiger charge is 2.06. The lowest BCUT2D eigenvalue weighted by Gasteiger charge is -2.06. The lowest BCUT2D eigenvalue weighted by Crippen LogP contribution is -2.18. The molecule has 1 heterocycles. The molecular weight excluding hydrogens is 286 g/mol. The van der Waals surface area contributed by atoms with Gasteiger partial charge >= 0.3 is 0 Å². The molecule has 0 saturated heterocycles. The summed E-state index contributed by atoms with van der Waals surface area (Å²) in [4.78, 5) is 0. The molecule has 0 spiro atoms. The van der Waals surface area contributed by atoms with Crippen LogP contribution in [0.3, 0.4) is 0 Å². The first kappa shape index (κ1) is 15.9. The van der Waals surface area contributed by atoms with Gasteiger partial charge in [0.1, 0.15) is 10.8 Å². The fourth-order valence-corrected chi connectivity index (χ4v) is 2.42. The van der Waals surface area contributed by atoms with Crippen LogP contribution in [-0.4, -0.2) is 30.5 Å². The number of nitrogens with zero attached hydrogens (tertiary/aromatic N) is 2. The number of benzene rings is 1. The number of ether oxygens (including phenoxy) is 2. The molecule has 5 nitrogen and oxygen atoms in total. The van der Waals surface area contributed by atoms with Crippen LogP contribution in [0.1, 0.15) is 30.3 Å². The van der Waals surface area contributed by atoms with E-state index < -0.39 is 0 Å². The van der Waals surface area contributed by atoms with E-state index >= 15 is 0 Å². The van der Waals surface area contributed by atoms with E-state index in [1.54, 1.807) is 7.11 Å². The largest absolute Gasteiger partial charge is 0.430 e. The first-order valence-electron chi connectivity index (χ1n) is 6.99. The molecule has 0 aliphatic rings. The Kier molecular flexibility index (Phi) is 6.10. The molecule has 0 atom stereocenters. The highest BCUT2D eigenvalue weighted by atomic mass is 32.1. The van der Waals surface area contributed by atoms with E-state index in [9.17, 15) is 0 Å². The maximum absolute atomic E-state index is 5.71. The number of hydrogen-bond acceptors (Lipinski definition) is 6. The second-order valence-electron chi connectivity index (χ2n) is 4.96. The smallest absolute Gasteiger partial charge is 0.299 e. The Bertz CT molecular complexity index is 540. The number of nitrogens with one attached hydrogen (secondary N) is 1. The van der Waals surface area contributed by atoms with Gasteiger partial charge in [-0.1, -0.05) is 42.4 Å². The molecule has 0 amide bonds. The predicted octanol–water partition coefficient (Wildman–Crippen LogP) is 3.19. The minimum absolute atomic E-state index is 0.519. The second-order valence-corrected chi connectivity index (χ2v) is 5.98. The van der Waals surface area contributed by atoms with Crippen molar-refractivity contribution in [2.24, 2.45) is 0 Å². The predicted molar refractivity (Wildman–Crippen MR) is 84.1 cm³/mol. The molecule has 21 heavy (non-hydrogen) atoms. The van der Waals surface area contributed by atoms with Gasteiger partial charge in [-0.3, -0.25) is 0 Å². The summed E-state index contributed by atoms with van der Waals surface area (Å²) < 4.78 is 10.7. The zero-order chi connectivity index (χ0) is 15.1. The van der Waals surface area contributed by atoms with Crippen molar-refractivity contribution in [1.82, 2.24) is 15.5 Å². The molecule has 114 valence electrons. The molecule has 0 aliphatic carbocycles. The molecule has 1 aromatic heterocycles. The van der Waals surface area contributed by atoms with E-state index in [0.717, 1.165) is 17.3 Å². The minimum atomic E-state index is 0.519. The van der Waals surface area contributed by atoms with Crippen LogP contribution in [0.15, 0.2) is 24.3 Å². The number of hydrogen-bond donors (Lipinski definition) is 1. The van der Waals surface area contributed by atoms with Crippen LogP contribution in [-0.2, 0) is 11.3 Å². The Morgan fingerprint density at radius 2 is 1.95 bits per heavy atom. The monoisotopic (exact) mass is 307 g/mol. The highest BCUT2D eigenvalue weighted by Crippen LogP contribution is 2.26. The number of methoxy groups -OCH3 is 1. The first-order chi connectivity index (χ1) is 10.2. The maximum atomic E-state index is 5.71. The molecule has 6 heteroatoms. The number of aromatic nitrogens is 2. The molecule has 0 bridgehead atoms. The van der Waals surface area contributed by atoms with Crippen molar-refractivity contribution in [1.29, 1.82) is 0 Å². The zero-order valence-corrected chi connectivity index (χ0v) is 13.4. The Balaban J connectivity index is 1.86. The van der Waals surface area contributed by atoms with E-state index in [2.05, 4.69) is 41.5 Å². The fourth-order valence-electron chi connectivity index (χ4n) is 1.74. The summed E-state index contributed by atoms with van der Waals surface area (Å²) in [5.41, 5.74) is 1.29. The Labute approximate surface area is 129 Å². The Hall–Kier alpha value is -1.50. The van der Waals surface area contributed by atoms with Gasteiger partial charge in [0.05, 0.1) is 6.61 Å². The van der Waals surface area contributed by atoms with Crippen molar-refractivity contribution in [3.63, 3.8) is 0 Å². The average molecular weight is 307 g/mol. The Morgan fingerprint density at radius 3 is 2.62 bits per heavy atom. The molecule has 2 aromatic rings. The SMILES string of the molecule is COCCNCc1nnc(Oc2ccc(C(C)C)cc2)s1. The van der Waals surface area contributed by atoms with E-state index in [1.165, 1.54) is 16.9 Å². The summed E-state index contributed by atoms with van der Waals surface area (Å²) in [5.74, 6) is 1.31. The number of rotatable bonds is 8. The van der Waals surface area contributed by atoms with Crippen LogP contribution in [0.2, 0.25) is 0 Å². The van der Waals surface area contributed by atoms with Crippen molar-refractivity contribution >= 4 is 11.3 Å². The molecule has 0 fully saturated rings. The van der Waals surface area contributed by atoms with Crippen LogP contribution in [0.5, 0.6) is 10.9 Å². The maximum Gasteiger partial charge on any atom is 0.299 e. The fraction of sp³-hybridized carbons (Fsp3) is 0.467. The van der Waals surface area contributed by atoms with Crippen molar-refractivity contribution in [2.75, 3.05) is 20.3 Å². The van der Waals surface area contributed by atoms with Gasteiger partial charge in [0.25, 0.3) is 5.19 Å². The van der Waals surface area contributed by atoms with Gasteiger partial charge in [-0.05, 0) is 23.6 Å². The third kappa shape index (κ3) is 5.08. The first-order valence-corrected chi connectivity index (χ1v) is 7.80. The average Bonchev–Trinajstić information content (AvgIpc) is 2.92. The summed E-state index contributed by atoms with van der Waals surface area (Å²) in [6, 6.07) is 8.09. The van der Waals surface area contributed by atoms with Crippen LogP contribution in [0.4, 0.5) is 0 Å². The van der Waals surface area contributed by atoms with Gasteiger partial charge in [-0.2, -0.15) is 0 Å². The molecule has 0 saturated carbocycles. The lowest BCUT2D eigenvalue weighted by atomic mass is 10.0. The van der Waals surface area contributed by atoms with Crippen molar-refractivity contribution in [3.8, 4) is 10.9 Å². The van der Waals surface area contributed by atoms with E-state index in [1.807, 2.05) is 12.1 Å². The quantitative estimate of drug-likeness (QED) is 0.759. The summed E-state index contributed by atoms with van der Waals surface area (Å²) in [5, 5.41) is 12.8. The third-order valence-electron chi connectivity index (χ3n) is 2.96. The molecule has 1 aromatic carbocycles. The normalized spacial score (nSPS) is 11.0. The molecule has 1 N–H and O–H groups in total. The van der Waals surface area contributed by atoms with Gasteiger partial charge in [0.15, 0.2) is 0 Å². The van der Waals surface area contributed by atoms with Crippen molar-refractivity contribution in [2.45, 2.75) is 26.3 Å². The van der Waals surface area contributed by atoms with E-state index in [0.29, 0.717) is 24.3 Å². The van der Waals surface area contributed by atoms with Crippen molar-refractivity contribution < 1.29 is 9.47 Å². The van der Waals surface area contributed by atoms with E-state index in [-0.39, 0.29) is 0 Å². The standard InChI is InChI=1S/C15H21N3O2S/c1-11(2)12-4-6-13(7-5-12)20-15-18-17-14(21-15)10-16-8-9-19-3/h4-7,11,16H,8-10H2,1-3H3. The van der Waals surface area contributed by atoms with Gasteiger partial charge in [0, 0.05) is 20.2 Å². The van der Waals surface area contributed by atoms with Gasteiger partial charge < -0.3 is 14.8 Å². The summed E-state index contributed by atoms with van der Waals surface area (Å²) in [7, 11) is 1.68. The summed E-state index contributed by atoms with van der Waals surface area (Å²) >= 11 is 1.45. The second kappa shape index (κ2) is 8.07. The molecule has 0 radical (unpaired) electrons. The van der Waals surface area contributed by atoms with Crippen LogP contribution < -0.4 is 10.1 Å². The van der Waals surface area contributed by atoms with Gasteiger partial charge in [0.2, 0.25) is 0 Å². The molecule has 2 rings (SSSR count). The van der Waals surface area contributed by atoms with Crippen molar-refractivity contribution in [3.05, 3.63) is 34.8 Å².